The SMILES string of the molecule is CN(C)C1(CNC(=O)Nc2cccc(CN)c2)CCC1. The van der Waals surface area contributed by atoms with Crippen LogP contribution in [0.15, 0.2) is 24.3 Å². The molecule has 0 bridgehead atoms. The molecule has 0 saturated heterocycles. The molecule has 20 heavy (non-hydrogen) atoms. The summed E-state index contributed by atoms with van der Waals surface area (Å²) in [6.45, 7) is 1.16. The molecule has 0 aliphatic heterocycles. The molecule has 5 nitrogen and oxygen atoms in total. The predicted molar refractivity (Wildman–Crippen MR) is 81.6 cm³/mol. The predicted octanol–water partition coefficient (Wildman–Crippen LogP) is 1.75. The van der Waals surface area contributed by atoms with Gasteiger partial charge >= 0.3 is 6.03 Å². The van der Waals surface area contributed by atoms with Gasteiger partial charge in [0.05, 0.1) is 0 Å². The molecule has 110 valence electrons. The maximum absolute atomic E-state index is 11.9. The van der Waals surface area contributed by atoms with Crippen LogP contribution in [0.2, 0.25) is 0 Å². The van der Waals surface area contributed by atoms with Gasteiger partial charge in [0, 0.05) is 24.3 Å². The molecular weight excluding hydrogens is 252 g/mol. The number of nitrogens with zero attached hydrogens (tertiary/aromatic N) is 1. The topological polar surface area (TPSA) is 70.4 Å². The summed E-state index contributed by atoms with van der Waals surface area (Å²) in [4.78, 5) is 14.2. The van der Waals surface area contributed by atoms with Crippen LogP contribution in [0.3, 0.4) is 0 Å². The molecule has 0 unspecified atom stereocenters. The molecule has 0 aromatic heterocycles. The van der Waals surface area contributed by atoms with Crippen molar-refractivity contribution in [3.05, 3.63) is 29.8 Å². The van der Waals surface area contributed by atoms with Gasteiger partial charge in [-0.1, -0.05) is 12.1 Å². The van der Waals surface area contributed by atoms with Gasteiger partial charge in [0.15, 0.2) is 0 Å². The second kappa shape index (κ2) is 6.24. The molecule has 1 aromatic carbocycles. The molecule has 1 saturated carbocycles. The Morgan fingerprint density at radius 3 is 2.70 bits per heavy atom. The first-order valence-electron chi connectivity index (χ1n) is 7.07. The number of carbonyl (C=O) groups excluding carboxylic acids is 1. The Morgan fingerprint density at radius 1 is 1.40 bits per heavy atom. The molecule has 0 atom stereocenters. The molecule has 1 aliphatic carbocycles. The van der Waals surface area contributed by atoms with Gasteiger partial charge in [-0.2, -0.15) is 0 Å². The standard InChI is InChI=1S/C15H24N4O/c1-19(2)15(7-4-8-15)11-17-14(20)18-13-6-3-5-12(9-13)10-16/h3,5-6,9H,4,7-8,10-11,16H2,1-2H3,(H2,17,18,20). The summed E-state index contributed by atoms with van der Waals surface area (Å²) < 4.78 is 0. The first kappa shape index (κ1) is 14.8. The van der Waals surface area contributed by atoms with E-state index in [1.807, 2.05) is 24.3 Å². The number of anilines is 1. The van der Waals surface area contributed by atoms with Crippen molar-refractivity contribution in [3.63, 3.8) is 0 Å². The van der Waals surface area contributed by atoms with Crippen molar-refractivity contribution >= 4 is 11.7 Å². The van der Waals surface area contributed by atoms with Crippen LogP contribution in [0.25, 0.3) is 0 Å². The normalized spacial score (nSPS) is 16.6. The fourth-order valence-electron chi connectivity index (χ4n) is 2.56. The minimum Gasteiger partial charge on any atom is -0.336 e. The monoisotopic (exact) mass is 276 g/mol. The molecule has 5 heteroatoms. The van der Waals surface area contributed by atoms with Crippen molar-refractivity contribution in [2.75, 3.05) is 26.0 Å². The fourth-order valence-corrected chi connectivity index (χ4v) is 2.56. The summed E-state index contributed by atoms with van der Waals surface area (Å²) in [5, 5.41) is 5.82. The van der Waals surface area contributed by atoms with Gasteiger partial charge in [0.2, 0.25) is 0 Å². The Morgan fingerprint density at radius 2 is 2.15 bits per heavy atom. The van der Waals surface area contributed by atoms with E-state index in [0.29, 0.717) is 13.1 Å². The maximum atomic E-state index is 11.9. The lowest BCUT2D eigenvalue weighted by molar-refractivity contribution is 0.0630. The van der Waals surface area contributed by atoms with Crippen LogP contribution < -0.4 is 16.4 Å². The number of benzene rings is 1. The summed E-state index contributed by atoms with van der Waals surface area (Å²) >= 11 is 0. The summed E-state index contributed by atoms with van der Waals surface area (Å²) in [6, 6.07) is 7.44. The van der Waals surface area contributed by atoms with Gasteiger partial charge in [-0.05, 0) is 51.1 Å². The van der Waals surface area contributed by atoms with E-state index in [0.717, 1.165) is 24.1 Å². The number of hydrogen-bond donors (Lipinski definition) is 3. The zero-order valence-corrected chi connectivity index (χ0v) is 12.3. The van der Waals surface area contributed by atoms with Crippen LogP contribution in [0.5, 0.6) is 0 Å². The van der Waals surface area contributed by atoms with Crippen LogP contribution in [0, 0.1) is 0 Å². The Kier molecular flexibility index (Phi) is 4.62. The number of amides is 2. The summed E-state index contributed by atoms with van der Waals surface area (Å²) in [5.41, 5.74) is 7.51. The lowest BCUT2D eigenvalue weighted by Crippen LogP contribution is -2.57. The zero-order chi connectivity index (χ0) is 14.6. The van der Waals surface area contributed by atoms with E-state index in [9.17, 15) is 4.79 Å². The number of urea groups is 1. The third kappa shape index (κ3) is 3.29. The Balaban J connectivity index is 1.86. The number of hydrogen-bond acceptors (Lipinski definition) is 3. The molecule has 1 aromatic rings. The van der Waals surface area contributed by atoms with Crippen molar-refractivity contribution in [3.8, 4) is 0 Å². The average molecular weight is 276 g/mol. The second-order valence-electron chi connectivity index (χ2n) is 5.68. The highest BCUT2D eigenvalue weighted by molar-refractivity contribution is 5.89. The fraction of sp³-hybridized carbons (Fsp3) is 0.533. The quantitative estimate of drug-likeness (QED) is 0.767. The molecule has 2 amide bonds. The van der Waals surface area contributed by atoms with E-state index in [1.165, 1.54) is 6.42 Å². The first-order valence-corrected chi connectivity index (χ1v) is 7.07. The summed E-state index contributed by atoms with van der Waals surface area (Å²) in [6.07, 6.45) is 3.52. The lowest BCUT2D eigenvalue weighted by atomic mass is 9.75. The average Bonchev–Trinajstić information content (AvgIpc) is 2.37. The Hall–Kier alpha value is -1.59. The highest BCUT2D eigenvalue weighted by atomic mass is 16.2. The van der Waals surface area contributed by atoms with Crippen LogP contribution in [-0.4, -0.2) is 37.1 Å². The molecule has 4 N–H and O–H groups in total. The number of carbonyl (C=O) groups is 1. The third-order valence-corrected chi connectivity index (χ3v) is 4.23. The van der Waals surface area contributed by atoms with Crippen molar-refractivity contribution in [2.45, 2.75) is 31.3 Å². The van der Waals surface area contributed by atoms with Crippen molar-refractivity contribution in [1.82, 2.24) is 10.2 Å². The van der Waals surface area contributed by atoms with Gasteiger partial charge in [-0.3, -0.25) is 0 Å². The van der Waals surface area contributed by atoms with Crippen molar-refractivity contribution in [2.24, 2.45) is 5.73 Å². The van der Waals surface area contributed by atoms with Gasteiger partial charge in [0.1, 0.15) is 0 Å². The highest BCUT2D eigenvalue weighted by Crippen LogP contribution is 2.35. The third-order valence-electron chi connectivity index (χ3n) is 4.23. The molecule has 1 aliphatic rings. The lowest BCUT2D eigenvalue weighted by Gasteiger charge is -2.47. The molecule has 0 heterocycles. The van der Waals surface area contributed by atoms with Gasteiger partial charge < -0.3 is 21.3 Å². The molecule has 0 radical (unpaired) electrons. The van der Waals surface area contributed by atoms with Crippen LogP contribution in [0.1, 0.15) is 24.8 Å². The minimum absolute atomic E-state index is 0.135. The number of nitrogens with one attached hydrogen (secondary N) is 2. The Labute approximate surface area is 120 Å². The van der Waals surface area contributed by atoms with E-state index in [-0.39, 0.29) is 11.6 Å². The van der Waals surface area contributed by atoms with Crippen LogP contribution in [0.4, 0.5) is 10.5 Å². The van der Waals surface area contributed by atoms with Crippen molar-refractivity contribution < 1.29 is 4.79 Å². The number of nitrogens with two attached hydrogens (primary N) is 1. The maximum Gasteiger partial charge on any atom is 0.319 e. The molecule has 1 fully saturated rings. The van der Waals surface area contributed by atoms with E-state index in [1.54, 1.807) is 0 Å². The van der Waals surface area contributed by atoms with Crippen LogP contribution in [-0.2, 0) is 6.54 Å². The van der Waals surface area contributed by atoms with Crippen molar-refractivity contribution in [1.29, 1.82) is 0 Å². The smallest absolute Gasteiger partial charge is 0.319 e. The molecule has 2 rings (SSSR count). The van der Waals surface area contributed by atoms with Gasteiger partial charge in [0.25, 0.3) is 0 Å². The first-order chi connectivity index (χ1) is 9.55. The Bertz CT molecular complexity index is 469. The highest BCUT2D eigenvalue weighted by Gasteiger charge is 2.39. The number of likely N-dealkylation sites (N-methyl/N-ethyl adjacent to an activating group) is 1. The summed E-state index contributed by atoms with van der Waals surface area (Å²) in [7, 11) is 4.15. The summed E-state index contributed by atoms with van der Waals surface area (Å²) in [5.74, 6) is 0. The van der Waals surface area contributed by atoms with E-state index >= 15 is 0 Å². The van der Waals surface area contributed by atoms with E-state index in [2.05, 4.69) is 29.6 Å². The zero-order valence-electron chi connectivity index (χ0n) is 12.3. The molecular formula is C15H24N4O. The van der Waals surface area contributed by atoms with E-state index in [4.69, 9.17) is 5.73 Å². The van der Waals surface area contributed by atoms with Gasteiger partial charge in [-0.25, -0.2) is 4.79 Å². The molecule has 0 spiro atoms. The largest absolute Gasteiger partial charge is 0.336 e. The minimum atomic E-state index is -0.160. The van der Waals surface area contributed by atoms with Crippen LogP contribution >= 0.6 is 0 Å². The number of rotatable bonds is 5. The second-order valence-corrected chi connectivity index (χ2v) is 5.68. The van der Waals surface area contributed by atoms with Gasteiger partial charge in [-0.15, -0.1) is 0 Å². The van der Waals surface area contributed by atoms with E-state index < -0.39 is 0 Å².